The largest absolute Gasteiger partial charge is 0.462 e. The Morgan fingerprint density at radius 3 is 1.10 bits per heavy atom. The molecule has 0 aromatic carbocycles. The topological polar surface area (TPSA) is 78.9 Å². The van der Waals surface area contributed by atoms with Crippen molar-refractivity contribution in [1.29, 1.82) is 0 Å². The lowest BCUT2D eigenvalue weighted by molar-refractivity contribution is -0.167. The smallest absolute Gasteiger partial charge is 0.306 e. The fraction of sp³-hybridized carbons (Fsp3) is 0.632. The summed E-state index contributed by atoms with van der Waals surface area (Å²) in [5.41, 5.74) is 0. The van der Waals surface area contributed by atoms with E-state index in [1.165, 1.54) is 77.0 Å². The molecule has 0 rings (SSSR count). The van der Waals surface area contributed by atoms with Gasteiger partial charge in [-0.3, -0.25) is 14.4 Å². The summed E-state index contributed by atoms with van der Waals surface area (Å²) in [6.45, 7) is 6.36. The quantitative estimate of drug-likeness (QED) is 0.0199. The minimum absolute atomic E-state index is 0.119. The number of ether oxygens (including phenoxy) is 3. The van der Waals surface area contributed by atoms with Crippen LogP contribution in [0, 0.1) is 0 Å². The Balaban J connectivity index is 4.54. The average molecular weight is 873 g/mol. The highest BCUT2D eigenvalue weighted by molar-refractivity contribution is 5.71. The molecular formula is C57H92O6. The van der Waals surface area contributed by atoms with Crippen LogP contribution in [0.2, 0.25) is 0 Å². The van der Waals surface area contributed by atoms with Crippen molar-refractivity contribution in [3.8, 4) is 0 Å². The molecule has 0 aromatic rings. The van der Waals surface area contributed by atoms with Gasteiger partial charge in [-0.15, -0.1) is 0 Å². The molecule has 1 atom stereocenters. The lowest BCUT2D eigenvalue weighted by atomic mass is 10.1. The Morgan fingerprint density at radius 2 is 0.651 bits per heavy atom. The number of rotatable bonds is 44. The van der Waals surface area contributed by atoms with E-state index in [4.69, 9.17) is 14.2 Å². The van der Waals surface area contributed by atoms with Crippen molar-refractivity contribution < 1.29 is 28.6 Å². The first-order chi connectivity index (χ1) is 31.0. The van der Waals surface area contributed by atoms with E-state index in [2.05, 4.69) is 75.5 Å². The first kappa shape index (κ1) is 59.1. The fourth-order valence-corrected chi connectivity index (χ4v) is 6.58. The van der Waals surface area contributed by atoms with Gasteiger partial charge in [0.25, 0.3) is 0 Å². The van der Waals surface area contributed by atoms with Gasteiger partial charge in [-0.1, -0.05) is 220 Å². The van der Waals surface area contributed by atoms with Crippen LogP contribution < -0.4 is 0 Å². The number of allylic oxidation sites excluding steroid dienone is 18. The minimum Gasteiger partial charge on any atom is -0.462 e. The fourth-order valence-electron chi connectivity index (χ4n) is 6.58. The van der Waals surface area contributed by atoms with Crippen molar-refractivity contribution in [3.63, 3.8) is 0 Å². The van der Waals surface area contributed by atoms with Gasteiger partial charge < -0.3 is 14.2 Å². The standard InChI is InChI=1S/C57H92O6/c1-4-7-10-13-16-19-22-25-27-28-29-30-33-35-38-41-44-47-50-56(59)62-53-54(52-61-55(58)49-46-43-40-37-34-31-24-21-18-15-12-9-6-3)63-57(60)51-48-45-42-39-36-32-26-23-20-17-14-11-8-5-2/h9,12,15,18,21-22,24-25,27-32,34,36-37,40,54H,4-8,10-11,13-14,16-17,19-20,23,26,33,35,38-39,41-53H2,1-3H3/b12-9+,18-15+,24-21+,25-22+,28-27+,30-29+,34-31+,36-32+,40-37+. The van der Waals surface area contributed by atoms with Gasteiger partial charge in [0.2, 0.25) is 0 Å². The lowest BCUT2D eigenvalue weighted by Gasteiger charge is -2.18. The van der Waals surface area contributed by atoms with E-state index in [1.807, 2.05) is 54.7 Å². The molecule has 63 heavy (non-hydrogen) atoms. The summed E-state index contributed by atoms with van der Waals surface area (Å²) in [4.78, 5) is 37.9. The molecule has 6 heteroatoms. The highest BCUT2D eigenvalue weighted by Crippen LogP contribution is 2.13. The van der Waals surface area contributed by atoms with E-state index < -0.39 is 6.10 Å². The van der Waals surface area contributed by atoms with Gasteiger partial charge in [0.1, 0.15) is 13.2 Å². The summed E-state index contributed by atoms with van der Waals surface area (Å²) in [5, 5.41) is 0. The van der Waals surface area contributed by atoms with Crippen molar-refractivity contribution in [3.05, 3.63) is 109 Å². The second-order valence-electron chi connectivity index (χ2n) is 16.5. The third-order valence-corrected chi connectivity index (χ3v) is 10.4. The van der Waals surface area contributed by atoms with Crippen LogP contribution in [-0.4, -0.2) is 37.2 Å². The first-order valence-corrected chi connectivity index (χ1v) is 25.5. The van der Waals surface area contributed by atoms with Crippen molar-refractivity contribution in [1.82, 2.24) is 0 Å². The molecule has 0 aromatic heterocycles. The van der Waals surface area contributed by atoms with Crippen molar-refractivity contribution in [2.45, 2.75) is 219 Å². The highest BCUT2D eigenvalue weighted by Gasteiger charge is 2.19. The van der Waals surface area contributed by atoms with E-state index >= 15 is 0 Å². The maximum absolute atomic E-state index is 12.8. The Hall–Kier alpha value is -3.93. The number of esters is 3. The third-order valence-electron chi connectivity index (χ3n) is 10.4. The molecule has 0 aliphatic carbocycles. The van der Waals surface area contributed by atoms with Crippen LogP contribution >= 0.6 is 0 Å². The highest BCUT2D eigenvalue weighted by atomic mass is 16.6. The summed E-state index contributed by atoms with van der Waals surface area (Å²) < 4.78 is 16.7. The zero-order valence-electron chi connectivity index (χ0n) is 40.5. The maximum Gasteiger partial charge on any atom is 0.306 e. The van der Waals surface area contributed by atoms with E-state index in [-0.39, 0.29) is 44.0 Å². The molecule has 0 amide bonds. The van der Waals surface area contributed by atoms with Gasteiger partial charge in [-0.2, -0.15) is 0 Å². The number of hydrogen-bond acceptors (Lipinski definition) is 6. The van der Waals surface area contributed by atoms with Crippen LogP contribution in [-0.2, 0) is 28.6 Å². The van der Waals surface area contributed by atoms with Gasteiger partial charge in [0.15, 0.2) is 6.10 Å². The predicted octanol–water partition coefficient (Wildman–Crippen LogP) is 16.8. The molecule has 0 fully saturated rings. The van der Waals surface area contributed by atoms with E-state index in [9.17, 15) is 14.4 Å². The van der Waals surface area contributed by atoms with Gasteiger partial charge in [-0.05, 0) is 83.5 Å². The summed E-state index contributed by atoms with van der Waals surface area (Å²) in [7, 11) is 0. The predicted molar refractivity (Wildman–Crippen MR) is 270 cm³/mol. The van der Waals surface area contributed by atoms with E-state index in [0.717, 1.165) is 89.9 Å². The molecule has 0 heterocycles. The monoisotopic (exact) mass is 873 g/mol. The summed E-state index contributed by atoms with van der Waals surface area (Å²) in [6, 6.07) is 0. The average Bonchev–Trinajstić information content (AvgIpc) is 3.28. The first-order valence-electron chi connectivity index (χ1n) is 25.5. The molecule has 356 valence electrons. The molecular weight excluding hydrogens is 781 g/mol. The van der Waals surface area contributed by atoms with Crippen molar-refractivity contribution in [2.24, 2.45) is 0 Å². The van der Waals surface area contributed by atoms with Gasteiger partial charge in [0, 0.05) is 19.3 Å². The Morgan fingerprint density at radius 1 is 0.333 bits per heavy atom. The summed E-state index contributed by atoms with van der Waals surface area (Å²) in [5.74, 6) is -1.04. The van der Waals surface area contributed by atoms with Crippen LogP contribution in [0.1, 0.15) is 213 Å². The number of carbonyl (C=O) groups is 3. The zero-order valence-corrected chi connectivity index (χ0v) is 40.5. The normalized spacial score (nSPS) is 13.0. The molecule has 0 bridgehead atoms. The van der Waals surface area contributed by atoms with Crippen LogP contribution in [0.25, 0.3) is 0 Å². The van der Waals surface area contributed by atoms with Gasteiger partial charge in [0.05, 0.1) is 0 Å². The third kappa shape index (κ3) is 49.0. The lowest BCUT2D eigenvalue weighted by Crippen LogP contribution is -2.30. The molecule has 0 radical (unpaired) electrons. The van der Waals surface area contributed by atoms with Crippen LogP contribution in [0.3, 0.4) is 0 Å². The molecule has 0 saturated heterocycles. The molecule has 0 saturated carbocycles. The van der Waals surface area contributed by atoms with Gasteiger partial charge >= 0.3 is 17.9 Å². The maximum atomic E-state index is 12.8. The van der Waals surface area contributed by atoms with Crippen LogP contribution in [0.5, 0.6) is 0 Å². The summed E-state index contributed by atoms with van der Waals surface area (Å²) in [6.07, 6.45) is 67.9. The van der Waals surface area contributed by atoms with E-state index in [1.54, 1.807) is 0 Å². The SMILES string of the molecule is CC/C=C/C=C/C=C/C=C/C=C/CCCC(=O)OCC(COC(=O)CCCCCCC/C=C/C=C/C=C/CCCCCCC)OC(=O)CCCCC/C=C/CCCCCCCCC. The van der Waals surface area contributed by atoms with E-state index in [0.29, 0.717) is 12.8 Å². The van der Waals surface area contributed by atoms with Crippen molar-refractivity contribution >= 4 is 17.9 Å². The van der Waals surface area contributed by atoms with Crippen molar-refractivity contribution in [2.75, 3.05) is 13.2 Å². The molecule has 0 aliphatic heterocycles. The second kappa shape index (κ2) is 50.7. The molecule has 6 nitrogen and oxygen atoms in total. The second-order valence-corrected chi connectivity index (χ2v) is 16.5. The minimum atomic E-state index is -0.824. The summed E-state index contributed by atoms with van der Waals surface area (Å²) >= 11 is 0. The molecule has 0 N–H and O–H groups in total. The number of carbonyl (C=O) groups excluding carboxylic acids is 3. The number of unbranched alkanes of at least 4 members (excludes halogenated alkanes) is 21. The zero-order chi connectivity index (χ0) is 45.8. The van der Waals surface area contributed by atoms with Crippen LogP contribution in [0.4, 0.5) is 0 Å². The molecule has 1 unspecified atom stereocenters. The Kier molecular flexibility index (Phi) is 47.5. The molecule has 0 aliphatic rings. The Labute approximate surface area is 387 Å². The van der Waals surface area contributed by atoms with Crippen LogP contribution in [0.15, 0.2) is 109 Å². The Bertz CT molecular complexity index is 1330. The molecule has 0 spiro atoms. The van der Waals surface area contributed by atoms with Gasteiger partial charge in [-0.25, -0.2) is 0 Å². The number of hydrogen-bond donors (Lipinski definition) is 0.